The minimum absolute atomic E-state index is 0.00887. The van der Waals surface area contributed by atoms with Crippen molar-refractivity contribution >= 4 is 17.6 Å². The van der Waals surface area contributed by atoms with E-state index in [-0.39, 0.29) is 30.2 Å². The zero-order valence-electron chi connectivity index (χ0n) is 16.8. The maximum absolute atomic E-state index is 13.5. The van der Waals surface area contributed by atoms with E-state index >= 15 is 0 Å². The molecule has 0 spiro atoms. The van der Waals surface area contributed by atoms with Crippen molar-refractivity contribution in [2.24, 2.45) is 0 Å². The van der Waals surface area contributed by atoms with Crippen LogP contribution in [0, 0.1) is 0 Å². The first kappa shape index (κ1) is 19.9. The Bertz CT molecular complexity index is 1250. The fourth-order valence-corrected chi connectivity index (χ4v) is 4.24. The second-order valence-corrected chi connectivity index (χ2v) is 7.66. The van der Waals surface area contributed by atoms with Crippen LogP contribution in [0.4, 0.5) is 5.69 Å². The number of carbonyl (C=O) groups is 2. The Morgan fingerprint density at radius 1 is 1.00 bits per heavy atom. The summed E-state index contributed by atoms with van der Waals surface area (Å²) in [5.74, 6) is -1.25. The van der Waals surface area contributed by atoms with Gasteiger partial charge in [0, 0.05) is 23.7 Å². The van der Waals surface area contributed by atoms with Gasteiger partial charge in [0.05, 0.1) is 11.3 Å². The first-order valence-electron chi connectivity index (χ1n) is 9.99. The predicted octanol–water partition coefficient (Wildman–Crippen LogP) is 2.64. The average molecular weight is 433 g/mol. The van der Waals surface area contributed by atoms with E-state index in [1.807, 2.05) is 0 Å². The summed E-state index contributed by atoms with van der Waals surface area (Å²) in [6.45, 7) is 0.204. The number of aromatic carboxylic acids is 1. The highest BCUT2D eigenvalue weighted by Crippen LogP contribution is 2.49. The largest absolute Gasteiger partial charge is 0.507 e. The number of aromatic hydroxyl groups is 1. The normalized spacial score (nSPS) is 18.7. The van der Waals surface area contributed by atoms with Crippen molar-refractivity contribution in [3.63, 3.8) is 0 Å². The Labute approximate surface area is 182 Å². The summed E-state index contributed by atoms with van der Waals surface area (Å²) in [5.41, 5.74) is -0.321. The monoisotopic (exact) mass is 433 g/mol. The number of hydrogen-bond donors (Lipinski definition) is 3. The molecule has 3 aromatic rings. The van der Waals surface area contributed by atoms with E-state index in [4.69, 9.17) is 9.47 Å². The van der Waals surface area contributed by atoms with Gasteiger partial charge in [-0.1, -0.05) is 30.3 Å². The predicted molar refractivity (Wildman–Crippen MR) is 113 cm³/mol. The van der Waals surface area contributed by atoms with Gasteiger partial charge in [-0.15, -0.1) is 0 Å². The summed E-state index contributed by atoms with van der Waals surface area (Å²) in [4.78, 5) is 26.2. The second kappa shape index (κ2) is 7.28. The number of carboxylic acids is 1. The first-order chi connectivity index (χ1) is 15.4. The molecule has 0 aromatic heterocycles. The molecule has 32 heavy (non-hydrogen) atoms. The number of ether oxygens (including phenoxy) is 2. The zero-order chi connectivity index (χ0) is 22.5. The van der Waals surface area contributed by atoms with Gasteiger partial charge in [0.25, 0.3) is 5.91 Å². The molecular formula is C24H19NO7. The Morgan fingerprint density at radius 3 is 2.53 bits per heavy atom. The quantitative estimate of drug-likeness (QED) is 0.566. The Hall–Kier alpha value is -4.04. The van der Waals surface area contributed by atoms with Crippen molar-refractivity contribution in [2.45, 2.75) is 12.0 Å². The van der Waals surface area contributed by atoms with Gasteiger partial charge in [-0.3, -0.25) is 4.79 Å². The number of anilines is 1. The molecule has 3 aromatic carbocycles. The van der Waals surface area contributed by atoms with Gasteiger partial charge in [0.1, 0.15) is 5.75 Å². The van der Waals surface area contributed by atoms with E-state index in [2.05, 4.69) is 0 Å². The molecular weight excluding hydrogens is 414 g/mol. The summed E-state index contributed by atoms with van der Waals surface area (Å²) >= 11 is 0. The fourth-order valence-electron chi connectivity index (χ4n) is 4.24. The average Bonchev–Trinajstić information content (AvgIpc) is 3.33. The lowest BCUT2D eigenvalue weighted by Crippen LogP contribution is -2.42. The molecule has 5 rings (SSSR count). The van der Waals surface area contributed by atoms with Crippen LogP contribution >= 0.6 is 0 Å². The van der Waals surface area contributed by atoms with Crippen molar-refractivity contribution in [3.8, 4) is 17.2 Å². The topological polar surface area (TPSA) is 117 Å². The van der Waals surface area contributed by atoms with Crippen molar-refractivity contribution < 1.29 is 34.4 Å². The van der Waals surface area contributed by atoms with Gasteiger partial charge in [-0.05, 0) is 36.2 Å². The molecule has 0 saturated carbocycles. The van der Waals surface area contributed by atoms with Gasteiger partial charge in [-0.2, -0.15) is 0 Å². The maximum Gasteiger partial charge on any atom is 0.335 e. The molecule has 1 unspecified atom stereocenters. The van der Waals surface area contributed by atoms with E-state index < -0.39 is 17.5 Å². The molecule has 0 fully saturated rings. The van der Waals surface area contributed by atoms with Crippen LogP contribution in [0.3, 0.4) is 0 Å². The van der Waals surface area contributed by atoms with Crippen LogP contribution in [0.25, 0.3) is 0 Å². The van der Waals surface area contributed by atoms with Crippen LogP contribution in [-0.2, 0) is 16.8 Å². The van der Waals surface area contributed by atoms with Crippen molar-refractivity contribution in [2.75, 3.05) is 18.2 Å². The molecule has 8 heteroatoms. The number of rotatable bonds is 5. The van der Waals surface area contributed by atoms with Gasteiger partial charge in [0.15, 0.2) is 11.5 Å². The van der Waals surface area contributed by atoms with Crippen LogP contribution in [0.5, 0.6) is 17.2 Å². The van der Waals surface area contributed by atoms with Crippen LogP contribution in [0.15, 0.2) is 60.7 Å². The smallest absolute Gasteiger partial charge is 0.335 e. The van der Waals surface area contributed by atoms with Crippen LogP contribution in [0.2, 0.25) is 0 Å². The van der Waals surface area contributed by atoms with Gasteiger partial charge < -0.3 is 29.7 Å². The SMILES string of the molecule is O=C(O)c1cccc(CCN2C(=O)C(O)(c3cc4c(cc3O)OCO4)c3ccccc32)c1. The molecule has 1 amide bonds. The molecule has 2 aliphatic heterocycles. The number of phenols is 1. The van der Waals surface area contributed by atoms with Crippen LogP contribution < -0.4 is 14.4 Å². The third-order valence-corrected chi connectivity index (χ3v) is 5.82. The third-order valence-electron chi connectivity index (χ3n) is 5.82. The van der Waals surface area contributed by atoms with E-state index in [0.717, 1.165) is 5.56 Å². The minimum atomic E-state index is -2.11. The lowest BCUT2D eigenvalue weighted by molar-refractivity contribution is -0.132. The van der Waals surface area contributed by atoms with Crippen LogP contribution in [-0.4, -0.2) is 40.5 Å². The number of fused-ring (bicyclic) bond motifs is 2. The molecule has 0 aliphatic carbocycles. The molecule has 0 saturated heterocycles. The number of nitrogens with zero attached hydrogens (tertiary/aromatic N) is 1. The Balaban J connectivity index is 1.52. The van der Waals surface area contributed by atoms with E-state index in [1.165, 1.54) is 23.1 Å². The molecule has 1 atom stereocenters. The number of para-hydroxylation sites is 1. The molecule has 3 N–H and O–H groups in total. The zero-order valence-corrected chi connectivity index (χ0v) is 16.8. The van der Waals surface area contributed by atoms with Gasteiger partial charge in [-0.25, -0.2) is 4.79 Å². The number of hydrogen-bond acceptors (Lipinski definition) is 6. The Kier molecular flexibility index (Phi) is 4.53. The third kappa shape index (κ3) is 2.96. The fraction of sp³-hybridized carbons (Fsp3) is 0.167. The highest BCUT2D eigenvalue weighted by Gasteiger charge is 2.52. The highest BCUT2D eigenvalue weighted by atomic mass is 16.7. The molecule has 162 valence electrons. The Morgan fingerprint density at radius 2 is 1.75 bits per heavy atom. The number of benzene rings is 3. The lowest BCUT2D eigenvalue weighted by Gasteiger charge is -2.24. The van der Waals surface area contributed by atoms with E-state index in [0.29, 0.717) is 29.2 Å². The summed E-state index contributed by atoms with van der Waals surface area (Å²) in [6.07, 6.45) is 0.379. The van der Waals surface area contributed by atoms with Crippen LogP contribution in [0.1, 0.15) is 27.0 Å². The summed E-state index contributed by atoms with van der Waals surface area (Å²) in [6, 6.07) is 16.1. The lowest BCUT2D eigenvalue weighted by atomic mass is 9.86. The van der Waals surface area contributed by atoms with Crippen molar-refractivity contribution in [1.82, 2.24) is 0 Å². The molecule has 2 aliphatic rings. The number of phenolic OH excluding ortho intramolecular Hbond substituents is 1. The molecule has 0 bridgehead atoms. The minimum Gasteiger partial charge on any atom is -0.507 e. The van der Waals surface area contributed by atoms with Crippen molar-refractivity contribution in [3.05, 3.63) is 82.9 Å². The number of carboxylic acid groups (broad SMARTS) is 1. The number of carbonyl (C=O) groups excluding carboxylic acids is 1. The summed E-state index contributed by atoms with van der Waals surface area (Å²) in [5, 5.41) is 31.5. The van der Waals surface area contributed by atoms with E-state index in [1.54, 1.807) is 42.5 Å². The van der Waals surface area contributed by atoms with E-state index in [9.17, 15) is 24.9 Å². The molecule has 8 nitrogen and oxygen atoms in total. The molecule has 0 radical (unpaired) electrons. The second-order valence-electron chi connectivity index (χ2n) is 7.66. The first-order valence-corrected chi connectivity index (χ1v) is 9.99. The standard InChI is InChI=1S/C24H19NO7/c26-19-12-21-20(31-13-32-21)11-17(19)24(30)16-6-1-2-7-18(16)25(23(24)29)9-8-14-4-3-5-15(10-14)22(27)28/h1-7,10-12,26,30H,8-9,13H2,(H,27,28). The van der Waals surface area contributed by atoms with Crippen molar-refractivity contribution in [1.29, 1.82) is 0 Å². The van der Waals surface area contributed by atoms with Gasteiger partial charge >= 0.3 is 5.97 Å². The number of aliphatic hydroxyl groups is 1. The summed E-state index contributed by atoms with van der Waals surface area (Å²) < 4.78 is 10.6. The maximum atomic E-state index is 13.5. The summed E-state index contributed by atoms with van der Waals surface area (Å²) in [7, 11) is 0. The number of amides is 1. The highest BCUT2D eigenvalue weighted by molar-refractivity contribution is 6.09. The molecule has 2 heterocycles. The van der Waals surface area contributed by atoms with Gasteiger partial charge in [0.2, 0.25) is 12.4 Å².